The second-order valence-electron chi connectivity index (χ2n) is 3.66. The molecule has 0 radical (unpaired) electrons. The van der Waals surface area contributed by atoms with E-state index in [1.165, 1.54) is 24.0 Å². The first-order valence-corrected chi connectivity index (χ1v) is 6.50. The summed E-state index contributed by atoms with van der Waals surface area (Å²) in [4.78, 5) is 0. The first-order valence-electron chi connectivity index (χ1n) is 4.39. The number of allylic oxidation sites excluding steroid dienone is 3. The van der Waals surface area contributed by atoms with Crippen molar-refractivity contribution in [2.24, 2.45) is 0 Å². The standard InChI is InChI=1S/C11H21S/c1-10(2)7-6-8-11(3)9-12(4)5/h7,9H,6,8H2,1-5H3/q+1/b11-9+. The van der Waals surface area contributed by atoms with Crippen LogP contribution in [0.5, 0.6) is 0 Å². The molecule has 0 atom stereocenters. The van der Waals surface area contributed by atoms with Crippen molar-refractivity contribution >= 4 is 10.9 Å². The predicted octanol–water partition coefficient (Wildman–Crippen LogP) is 3.51. The Kier molecular flexibility index (Phi) is 6.27. The van der Waals surface area contributed by atoms with Gasteiger partial charge in [0.05, 0.1) is 0 Å². The number of hydrogen-bond donors (Lipinski definition) is 0. The molecular weight excluding hydrogens is 164 g/mol. The average Bonchev–Trinajstić information content (AvgIpc) is 1.84. The summed E-state index contributed by atoms with van der Waals surface area (Å²) in [7, 11) is 0.457. The molecule has 0 heterocycles. The second kappa shape index (κ2) is 6.36. The fraction of sp³-hybridized carbons (Fsp3) is 0.636. The Labute approximate surface area is 80.1 Å². The summed E-state index contributed by atoms with van der Waals surface area (Å²) in [5.41, 5.74) is 2.95. The minimum atomic E-state index is 0.457. The fourth-order valence-electron chi connectivity index (χ4n) is 1.05. The van der Waals surface area contributed by atoms with E-state index in [0.29, 0.717) is 10.9 Å². The first-order chi connectivity index (χ1) is 5.52. The van der Waals surface area contributed by atoms with Crippen LogP contribution in [0.2, 0.25) is 0 Å². The van der Waals surface area contributed by atoms with E-state index in [0.717, 1.165) is 0 Å². The van der Waals surface area contributed by atoms with E-state index >= 15 is 0 Å². The lowest BCUT2D eigenvalue weighted by atomic mass is 10.1. The molecule has 0 rings (SSSR count). The van der Waals surface area contributed by atoms with Crippen molar-refractivity contribution < 1.29 is 0 Å². The number of rotatable bonds is 4. The van der Waals surface area contributed by atoms with Gasteiger partial charge in [0.1, 0.15) is 17.9 Å². The molecular formula is C11H21S+. The van der Waals surface area contributed by atoms with Gasteiger partial charge in [0.15, 0.2) is 0 Å². The lowest BCUT2D eigenvalue weighted by molar-refractivity contribution is 0.970. The van der Waals surface area contributed by atoms with Gasteiger partial charge in [0.2, 0.25) is 0 Å². The van der Waals surface area contributed by atoms with Gasteiger partial charge in [0, 0.05) is 10.9 Å². The molecule has 0 saturated heterocycles. The van der Waals surface area contributed by atoms with E-state index < -0.39 is 0 Å². The van der Waals surface area contributed by atoms with Crippen molar-refractivity contribution in [3.05, 3.63) is 22.6 Å². The van der Waals surface area contributed by atoms with Crippen LogP contribution in [0, 0.1) is 0 Å². The predicted molar refractivity (Wildman–Crippen MR) is 61.6 cm³/mol. The van der Waals surface area contributed by atoms with Crippen LogP contribution in [-0.4, -0.2) is 12.5 Å². The molecule has 70 valence electrons. The van der Waals surface area contributed by atoms with Gasteiger partial charge in [-0.1, -0.05) is 11.6 Å². The first kappa shape index (κ1) is 11.8. The second-order valence-corrected chi connectivity index (χ2v) is 5.66. The van der Waals surface area contributed by atoms with Crippen LogP contribution >= 0.6 is 0 Å². The molecule has 0 aliphatic heterocycles. The zero-order chi connectivity index (χ0) is 9.56. The van der Waals surface area contributed by atoms with Gasteiger partial charge in [-0.25, -0.2) is 0 Å². The topological polar surface area (TPSA) is 0 Å². The Morgan fingerprint density at radius 1 is 1.17 bits per heavy atom. The average molecular weight is 185 g/mol. The molecule has 0 amide bonds. The summed E-state index contributed by atoms with van der Waals surface area (Å²) in [6.07, 6.45) is 9.23. The van der Waals surface area contributed by atoms with Gasteiger partial charge in [-0.05, 0) is 39.2 Å². The maximum atomic E-state index is 2.37. The zero-order valence-corrected chi connectivity index (χ0v) is 9.79. The smallest absolute Gasteiger partial charge is 0.0856 e. The van der Waals surface area contributed by atoms with Gasteiger partial charge in [0.25, 0.3) is 0 Å². The molecule has 0 saturated carbocycles. The SMILES string of the molecule is CC(C)=CCC/C(C)=C/[S+](C)C. The molecule has 0 N–H and O–H groups in total. The summed E-state index contributed by atoms with van der Waals surface area (Å²) >= 11 is 0. The van der Waals surface area contributed by atoms with Crippen molar-refractivity contribution in [3.8, 4) is 0 Å². The highest BCUT2D eigenvalue weighted by molar-refractivity contribution is 7.98. The maximum absolute atomic E-state index is 2.37. The molecule has 0 aromatic rings. The van der Waals surface area contributed by atoms with Crippen LogP contribution < -0.4 is 0 Å². The molecule has 0 fully saturated rings. The van der Waals surface area contributed by atoms with E-state index in [4.69, 9.17) is 0 Å². The van der Waals surface area contributed by atoms with Crippen molar-refractivity contribution in [2.75, 3.05) is 12.5 Å². The third-order valence-electron chi connectivity index (χ3n) is 1.53. The molecule has 1 heteroatoms. The highest BCUT2D eigenvalue weighted by atomic mass is 32.2. The van der Waals surface area contributed by atoms with Crippen molar-refractivity contribution in [1.82, 2.24) is 0 Å². The van der Waals surface area contributed by atoms with Crippen LogP contribution in [0.3, 0.4) is 0 Å². The van der Waals surface area contributed by atoms with Crippen LogP contribution in [-0.2, 0) is 10.9 Å². The third kappa shape index (κ3) is 7.93. The molecule has 0 aliphatic rings. The van der Waals surface area contributed by atoms with Crippen LogP contribution in [0.15, 0.2) is 22.6 Å². The minimum Gasteiger partial charge on any atom is -0.0856 e. The molecule has 0 spiro atoms. The van der Waals surface area contributed by atoms with E-state index in [1.807, 2.05) is 0 Å². The summed E-state index contributed by atoms with van der Waals surface area (Å²) in [6.45, 7) is 6.54. The lowest BCUT2D eigenvalue weighted by Gasteiger charge is -1.96. The zero-order valence-electron chi connectivity index (χ0n) is 8.98. The van der Waals surface area contributed by atoms with Crippen LogP contribution in [0.1, 0.15) is 33.6 Å². The molecule has 0 aliphatic carbocycles. The quantitative estimate of drug-likeness (QED) is 0.464. The highest BCUT2D eigenvalue weighted by Gasteiger charge is 1.97. The third-order valence-corrected chi connectivity index (χ3v) is 2.40. The monoisotopic (exact) mass is 185 g/mol. The summed E-state index contributed by atoms with van der Waals surface area (Å²) in [5, 5.41) is 2.37. The Balaban J connectivity index is 3.71. The number of hydrogen-bond acceptors (Lipinski definition) is 0. The van der Waals surface area contributed by atoms with Crippen LogP contribution in [0.25, 0.3) is 0 Å². The summed E-state index contributed by atoms with van der Waals surface area (Å²) in [5.74, 6) is 0. The largest absolute Gasteiger partial charge is 0.117 e. The van der Waals surface area contributed by atoms with Crippen molar-refractivity contribution in [3.63, 3.8) is 0 Å². The lowest BCUT2D eigenvalue weighted by Crippen LogP contribution is -1.89. The maximum Gasteiger partial charge on any atom is 0.117 e. The van der Waals surface area contributed by atoms with E-state index in [-0.39, 0.29) is 0 Å². The molecule has 0 bridgehead atoms. The molecule has 12 heavy (non-hydrogen) atoms. The van der Waals surface area contributed by atoms with Gasteiger partial charge in [-0.2, -0.15) is 0 Å². The molecule has 0 nitrogen and oxygen atoms in total. The van der Waals surface area contributed by atoms with E-state index in [2.05, 4.69) is 44.8 Å². The Morgan fingerprint density at radius 2 is 1.75 bits per heavy atom. The van der Waals surface area contributed by atoms with Gasteiger partial charge < -0.3 is 0 Å². The normalized spacial score (nSPS) is 12.0. The van der Waals surface area contributed by atoms with E-state index in [9.17, 15) is 0 Å². The summed E-state index contributed by atoms with van der Waals surface area (Å²) < 4.78 is 0. The van der Waals surface area contributed by atoms with Gasteiger partial charge in [-0.3, -0.25) is 0 Å². The highest BCUT2D eigenvalue weighted by Crippen LogP contribution is 2.08. The van der Waals surface area contributed by atoms with Crippen molar-refractivity contribution in [2.45, 2.75) is 33.6 Å². The molecule has 0 unspecified atom stereocenters. The Bertz CT molecular complexity index is 171. The van der Waals surface area contributed by atoms with Crippen molar-refractivity contribution in [1.29, 1.82) is 0 Å². The Hall–Kier alpha value is -0.170. The molecule has 0 aromatic heterocycles. The van der Waals surface area contributed by atoms with Gasteiger partial charge in [-0.15, -0.1) is 0 Å². The summed E-state index contributed by atoms with van der Waals surface area (Å²) in [6, 6.07) is 0. The van der Waals surface area contributed by atoms with Gasteiger partial charge >= 0.3 is 0 Å². The Morgan fingerprint density at radius 3 is 2.17 bits per heavy atom. The van der Waals surface area contributed by atoms with Crippen LogP contribution in [0.4, 0.5) is 0 Å². The molecule has 0 aromatic carbocycles. The fourth-order valence-corrected chi connectivity index (χ4v) is 1.97. The van der Waals surface area contributed by atoms with E-state index in [1.54, 1.807) is 0 Å². The minimum absolute atomic E-state index is 0.457.